The predicted molar refractivity (Wildman–Crippen MR) is 101 cm³/mol. The minimum atomic E-state index is -2.96. The first-order valence-electron chi connectivity index (χ1n) is 10.5. The van der Waals surface area contributed by atoms with Crippen molar-refractivity contribution in [2.24, 2.45) is 0 Å². The molecule has 15 atom stereocenters. The van der Waals surface area contributed by atoms with Gasteiger partial charge in [0.2, 0.25) is 0 Å². The molecule has 0 aromatic carbocycles. The highest BCUT2D eigenvalue weighted by molar-refractivity contribution is 5.12. The van der Waals surface area contributed by atoms with Crippen molar-refractivity contribution in [2.45, 2.75) is 91.4 Å². The molecule has 2 unspecified atom stereocenters. The highest BCUT2D eigenvalue weighted by atomic mass is 16.7. The van der Waals surface area contributed by atoms with Crippen LogP contribution in [0.3, 0.4) is 0 Å². The van der Waals surface area contributed by atoms with Crippen molar-refractivity contribution in [3.63, 3.8) is 0 Å². The van der Waals surface area contributed by atoms with Gasteiger partial charge in [-0.25, -0.2) is 0 Å². The van der Waals surface area contributed by atoms with Crippen LogP contribution in [0.4, 0.5) is 0 Å². The lowest BCUT2D eigenvalue weighted by atomic mass is 9.74. The van der Waals surface area contributed by atoms with Crippen molar-refractivity contribution in [3.05, 3.63) is 0 Å². The van der Waals surface area contributed by atoms with E-state index in [2.05, 4.69) is 0 Å². The van der Waals surface area contributed by atoms with E-state index < -0.39 is 111 Å². The summed E-state index contributed by atoms with van der Waals surface area (Å²) < 4.78 is 21.1. The van der Waals surface area contributed by atoms with Crippen LogP contribution in [0.5, 0.6) is 0 Å². The zero-order valence-corrected chi connectivity index (χ0v) is 17.7. The molecule has 3 heterocycles. The summed E-state index contributed by atoms with van der Waals surface area (Å²) in [4.78, 5) is 0. The van der Waals surface area contributed by atoms with E-state index in [9.17, 15) is 61.3 Å². The second-order valence-corrected chi connectivity index (χ2v) is 8.58. The highest BCUT2D eigenvalue weighted by Crippen LogP contribution is 2.41. The van der Waals surface area contributed by atoms with Crippen LogP contribution in [0.25, 0.3) is 0 Å². The third kappa shape index (κ3) is 4.59. The summed E-state index contributed by atoms with van der Waals surface area (Å²) in [6.07, 6.45) is -26.9. The molecule has 3 aliphatic rings. The predicted octanol–water partition coefficient (Wildman–Crippen LogP) is -8.18. The molecule has 3 rings (SSSR count). The molecular formula is C18H32O16. The Morgan fingerprint density at radius 3 is 1.62 bits per heavy atom. The number of ether oxygens (including phenoxy) is 4. The van der Waals surface area contributed by atoms with Crippen molar-refractivity contribution in [1.29, 1.82) is 0 Å². The van der Waals surface area contributed by atoms with Crippen LogP contribution in [0.1, 0.15) is 0 Å². The molecule has 0 aliphatic carbocycles. The molecule has 34 heavy (non-hydrogen) atoms. The molecule has 0 aromatic heterocycles. The van der Waals surface area contributed by atoms with Gasteiger partial charge in [0, 0.05) is 0 Å². The fourth-order valence-electron chi connectivity index (χ4n) is 4.49. The molecule has 0 spiro atoms. The Kier molecular flexibility index (Phi) is 8.85. The van der Waals surface area contributed by atoms with Crippen molar-refractivity contribution in [1.82, 2.24) is 0 Å². The summed E-state index contributed by atoms with van der Waals surface area (Å²) >= 11 is 0. The van der Waals surface area contributed by atoms with Crippen molar-refractivity contribution < 1.29 is 80.2 Å². The molecule has 0 aromatic rings. The lowest BCUT2D eigenvalue weighted by molar-refractivity contribution is -0.401. The van der Waals surface area contributed by atoms with E-state index in [4.69, 9.17) is 18.9 Å². The molecule has 0 bridgehead atoms. The van der Waals surface area contributed by atoms with Gasteiger partial charge in [-0.3, -0.25) is 0 Å². The fraction of sp³-hybridized carbons (Fsp3) is 1.00. The normalized spacial score (nSPS) is 54.7. The Balaban J connectivity index is 2.00. The van der Waals surface area contributed by atoms with Crippen LogP contribution in [-0.4, -0.2) is 173 Å². The second-order valence-electron chi connectivity index (χ2n) is 8.58. The summed E-state index contributed by atoms with van der Waals surface area (Å²) in [5.41, 5.74) is -2.96. The van der Waals surface area contributed by atoms with Crippen LogP contribution in [0, 0.1) is 0 Å². The third-order valence-electron chi connectivity index (χ3n) is 6.51. The molecule has 200 valence electrons. The molecule has 0 saturated carbocycles. The van der Waals surface area contributed by atoms with Crippen molar-refractivity contribution >= 4 is 0 Å². The summed E-state index contributed by atoms with van der Waals surface area (Å²) in [7, 11) is 0. The lowest BCUT2D eigenvalue weighted by Crippen LogP contribution is -2.78. The number of aliphatic hydroxyl groups excluding tert-OH is 11. The van der Waals surface area contributed by atoms with E-state index in [0.29, 0.717) is 0 Å². The Morgan fingerprint density at radius 1 is 0.588 bits per heavy atom. The number of hydrogen-bond donors (Lipinski definition) is 12. The molecule has 12 N–H and O–H groups in total. The van der Waals surface area contributed by atoms with E-state index in [-0.39, 0.29) is 0 Å². The molecule has 3 saturated heterocycles. The zero-order chi connectivity index (χ0) is 25.5. The summed E-state index contributed by atoms with van der Waals surface area (Å²) in [6, 6.07) is 0. The van der Waals surface area contributed by atoms with Gasteiger partial charge in [-0.15, -0.1) is 0 Å². The first kappa shape index (κ1) is 27.9. The van der Waals surface area contributed by atoms with Gasteiger partial charge >= 0.3 is 0 Å². The molecule has 0 amide bonds. The van der Waals surface area contributed by atoms with Crippen LogP contribution in [0.2, 0.25) is 0 Å². The zero-order valence-electron chi connectivity index (χ0n) is 17.7. The van der Waals surface area contributed by atoms with Crippen LogP contribution < -0.4 is 0 Å². The van der Waals surface area contributed by atoms with Gasteiger partial charge < -0.3 is 80.2 Å². The minimum absolute atomic E-state index is 0.826. The molecule has 0 radical (unpaired) electrons. The Morgan fingerprint density at radius 2 is 1.09 bits per heavy atom. The minimum Gasteiger partial charge on any atom is -0.394 e. The molecule has 3 fully saturated rings. The van der Waals surface area contributed by atoms with Gasteiger partial charge in [-0.05, 0) is 0 Å². The van der Waals surface area contributed by atoms with Crippen molar-refractivity contribution in [2.75, 3.05) is 19.8 Å². The fourth-order valence-corrected chi connectivity index (χ4v) is 4.49. The van der Waals surface area contributed by atoms with Gasteiger partial charge in [0.15, 0.2) is 18.2 Å². The Bertz CT molecular complexity index is 666. The van der Waals surface area contributed by atoms with Gasteiger partial charge in [0.05, 0.1) is 19.8 Å². The highest BCUT2D eigenvalue weighted by Gasteiger charge is 2.66. The first-order chi connectivity index (χ1) is 15.9. The maximum Gasteiger partial charge on any atom is 0.187 e. The summed E-state index contributed by atoms with van der Waals surface area (Å²) in [5, 5.41) is 122. The van der Waals surface area contributed by atoms with Crippen LogP contribution in [0.15, 0.2) is 0 Å². The standard InChI is InChI=1S/C18H32O16/c19-1-4-7(22)9(24)11(26)15(31-4)18(30)13(28)16(29)32-6(3-21)14(18)34-17-12(27)10(25)8(23)5(2-20)33-17/h4-17,19-30H,1-3H2/t4-,5-,6-,7+,8+,9+,10+,11-,12-,13+,14-,15?,16?,17+,18-/m1/s1. The van der Waals surface area contributed by atoms with E-state index in [0.717, 1.165) is 0 Å². The maximum atomic E-state index is 11.6. The van der Waals surface area contributed by atoms with Crippen molar-refractivity contribution in [3.8, 4) is 0 Å². The SMILES string of the molecule is OC[C@H]1O[C@@H](O[C@@H]2[C@@H](CO)OC(O)[C@H](O)[C@]2(O)C2O[C@H](CO)[C@H](O)[C@H](O)[C@H]2O)[C@H](O)[C@@H](O)[C@H]1O. The molecule has 16 nitrogen and oxygen atoms in total. The van der Waals surface area contributed by atoms with E-state index in [1.165, 1.54) is 0 Å². The van der Waals surface area contributed by atoms with E-state index in [1.807, 2.05) is 0 Å². The van der Waals surface area contributed by atoms with Crippen LogP contribution in [-0.2, 0) is 18.9 Å². The Labute approximate surface area is 192 Å². The first-order valence-corrected chi connectivity index (χ1v) is 10.5. The van der Waals surface area contributed by atoms with Gasteiger partial charge in [0.25, 0.3) is 0 Å². The summed E-state index contributed by atoms with van der Waals surface area (Å²) in [6.45, 7) is -2.70. The largest absolute Gasteiger partial charge is 0.394 e. The third-order valence-corrected chi connectivity index (χ3v) is 6.51. The topological polar surface area (TPSA) is 280 Å². The molecule has 3 aliphatic heterocycles. The van der Waals surface area contributed by atoms with Gasteiger partial charge in [-0.1, -0.05) is 0 Å². The lowest BCUT2D eigenvalue weighted by Gasteiger charge is -2.55. The molecular weight excluding hydrogens is 472 g/mol. The van der Waals surface area contributed by atoms with E-state index in [1.54, 1.807) is 0 Å². The molecule has 16 heteroatoms. The quantitative estimate of drug-likeness (QED) is 0.160. The number of aliphatic hydroxyl groups is 12. The second kappa shape index (κ2) is 10.8. The monoisotopic (exact) mass is 504 g/mol. The van der Waals surface area contributed by atoms with E-state index >= 15 is 0 Å². The van der Waals surface area contributed by atoms with Crippen LogP contribution >= 0.6 is 0 Å². The average Bonchev–Trinajstić information content (AvgIpc) is 2.82. The maximum absolute atomic E-state index is 11.6. The van der Waals surface area contributed by atoms with Gasteiger partial charge in [0.1, 0.15) is 73.2 Å². The number of rotatable bonds is 6. The Hall–Kier alpha value is -0.640. The number of hydrogen-bond acceptors (Lipinski definition) is 16. The van der Waals surface area contributed by atoms with Gasteiger partial charge in [-0.2, -0.15) is 0 Å². The summed E-state index contributed by atoms with van der Waals surface area (Å²) in [5.74, 6) is 0. The average molecular weight is 504 g/mol. The smallest absolute Gasteiger partial charge is 0.187 e.